The monoisotopic (exact) mass is 243 g/mol. The summed E-state index contributed by atoms with van der Waals surface area (Å²) in [6.45, 7) is 8.60. The van der Waals surface area contributed by atoms with E-state index in [1.165, 1.54) is 17.7 Å². The first-order valence-corrected chi connectivity index (χ1v) is 6.93. The Kier molecular flexibility index (Phi) is 6.93. The lowest BCUT2D eigenvalue weighted by molar-refractivity contribution is 0.805. The topological polar surface area (TPSA) is 3.24 Å². The summed E-state index contributed by atoms with van der Waals surface area (Å²) in [5, 5.41) is 0. The van der Waals surface area contributed by atoms with Gasteiger partial charge in [0.25, 0.3) is 0 Å². The van der Waals surface area contributed by atoms with Crippen molar-refractivity contribution in [2.75, 3.05) is 18.0 Å². The van der Waals surface area contributed by atoms with Gasteiger partial charge in [0.2, 0.25) is 0 Å². The summed E-state index contributed by atoms with van der Waals surface area (Å²) in [5.41, 5.74) is 2.71. The number of para-hydroxylation sites is 1. The number of hydrogen-bond donors (Lipinski definition) is 0. The van der Waals surface area contributed by atoms with Crippen LogP contribution in [-0.2, 0) is 0 Å². The van der Waals surface area contributed by atoms with E-state index >= 15 is 0 Å². The van der Waals surface area contributed by atoms with Gasteiger partial charge in [-0.15, -0.1) is 0 Å². The van der Waals surface area contributed by atoms with Crippen molar-refractivity contribution < 1.29 is 0 Å². The SMILES string of the molecule is C/C=C\C(=C/CC)CN(CCC)c1ccccc1. The van der Waals surface area contributed by atoms with Gasteiger partial charge in [0.15, 0.2) is 0 Å². The third kappa shape index (κ3) is 4.79. The van der Waals surface area contributed by atoms with Crippen LogP contribution in [0.3, 0.4) is 0 Å². The van der Waals surface area contributed by atoms with E-state index < -0.39 is 0 Å². The summed E-state index contributed by atoms with van der Waals surface area (Å²) < 4.78 is 0. The van der Waals surface area contributed by atoms with Gasteiger partial charge in [-0.2, -0.15) is 0 Å². The van der Waals surface area contributed by atoms with Crippen LogP contribution in [-0.4, -0.2) is 13.1 Å². The molecule has 0 fully saturated rings. The molecule has 0 spiro atoms. The van der Waals surface area contributed by atoms with Gasteiger partial charge in [-0.3, -0.25) is 0 Å². The van der Waals surface area contributed by atoms with E-state index in [-0.39, 0.29) is 0 Å². The second kappa shape index (κ2) is 8.57. The predicted octanol–water partition coefficient (Wildman–Crippen LogP) is 4.82. The van der Waals surface area contributed by atoms with Gasteiger partial charge in [0.05, 0.1) is 0 Å². The molecule has 1 rings (SSSR count). The molecular formula is C17H25N. The van der Waals surface area contributed by atoms with Crippen molar-refractivity contribution in [2.24, 2.45) is 0 Å². The first-order chi connectivity index (χ1) is 8.81. The van der Waals surface area contributed by atoms with E-state index in [1.54, 1.807) is 0 Å². The Morgan fingerprint density at radius 1 is 1.17 bits per heavy atom. The molecule has 1 nitrogen and oxygen atoms in total. The summed E-state index contributed by atoms with van der Waals surface area (Å²) >= 11 is 0. The standard InChI is InChI=1S/C17H25N/c1-4-10-16(11-5-2)15-18(14-6-3)17-12-8-7-9-13-17/h4,7-13H,5-6,14-15H2,1-3H3/b10-4-,16-11+. The van der Waals surface area contributed by atoms with Crippen LogP contribution in [0.15, 0.2) is 54.1 Å². The van der Waals surface area contributed by atoms with Crippen LogP contribution in [0, 0.1) is 0 Å². The lowest BCUT2D eigenvalue weighted by Gasteiger charge is -2.25. The lowest BCUT2D eigenvalue weighted by atomic mass is 10.1. The van der Waals surface area contributed by atoms with E-state index in [4.69, 9.17) is 0 Å². The highest BCUT2D eigenvalue weighted by atomic mass is 15.1. The maximum absolute atomic E-state index is 2.45. The first kappa shape index (κ1) is 14.6. The van der Waals surface area contributed by atoms with Crippen LogP contribution in [0.5, 0.6) is 0 Å². The minimum absolute atomic E-state index is 0.996. The Bertz CT molecular complexity index is 376. The van der Waals surface area contributed by atoms with Crippen molar-refractivity contribution in [3.8, 4) is 0 Å². The summed E-state index contributed by atoms with van der Waals surface area (Å²) in [5.74, 6) is 0. The van der Waals surface area contributed by atoms with Crippen LogP contribution < -0.4 is 4.90 Å². The van der Waals surface area contributed by atoms with Crippen LogP contribution in [0.4, 0.5) is 5.69 Å². The number of nitrogens with zero attached hydrogens (tertiary/aromatic N) is 1. The average Bonchev–Trinajstić information content (AvgIpc) is 2.40. The predicted molar refractivity (Wildman–Crippen MR) is 82.1 cm³/mol. The lowest BCUT2D eigenvalue weighted by Crippen LogP contribution is -2.26. The van der Waals surface area contributed by atoms with E-state index in [0.717, 1.165) is 19.5 Å². The molecule has 0 bridgehead atoms. The molecule has 0 unspecified atom stereocenters. The van der Waals surface area contributed by atoms with E-state index in [1.807, 2.05) is 0 Å². The summed E-state index contributed by atoms with van der Waals surface area (Å²) in [7, 11) is 0. The Morgan fingerprint density at radius 3 is 2.44 bits per heavy atom. The minimum Gasteiger partial charge on any atom is -0.367 e. The molecule has 0 aromatic heterocycles. The molecule has 0 aliphatic heterocycles. The molecule has 18 heavy (non-hydrogen) atoms. The molecule has 1 heteroatoms. The van der Waals surface area contributed by atoms with Crippen molar-refractivity contribution in [3.05, 3.63) is 54.1 Å². The Hall–Kier alpha value is -1.50. The zero-order valence-corrected chi connectivity index (χ0v) is 11.9. The van der Waals surface area contributed by atoms with Crippen molar-refractivity contribution in [1.82, 2.24) is 0 Å². The molecule has 1 aromatic carbocycles. The molecule has 1 aromatic rings. The fourth-order valence-electron chi connectivity index (χ4n) is 2.09. The number of benzene rings is 1. The van der Waals surface area contributed by atoms with Gasteiger partial charge < -0.3 is 4.90 Å². The number of allylic oxidation sites excluding steroid dienone is 2. The van der Waals surface area contributed by atoms with Gasteiger partial charge in [0.1, 0.15) is 0 Å². The van der Waals surface area contributed by atoms with Gasteiger partial charge in [-0.05, 0) is 37.5 Å². The number of anilines is 1. The maximum Gasteiger partial charge on any atom is 0.0426 e. The first-order valence-electron chi connectivity index (χ1n) is 6.93. The van der Waals surface area contributed by atoms with Crippen molar-refractivity contribution in [3.63, 3.8) is 0 Å². The number of hydrogen-bond acceptors (Lipinski definition) is 1. The normalized spacial score (nSPS) is 12.1. The molecule has 0 amide bonds. The van der Waals surface area contributed by atoms with E-state index in [2.05, 4.69) is 74.2 Å². The van der Waals surface area contributed by atoms with Gasteiger partial charge in [0, 0.05) is 18.8 Å². The molecule has 98 valence electrons. The zero-order valence-electron chi connectivity index (χ0n) is 11.9. The summed E-state index contributed by atoms with van der Waals surface area (Å²) in [6, 6.07) is 10.7. The largest absolute Gasteiger partial charge is 0.367 e. The molecule has 0 radical (unpaired) electrons. The maximum atomic E-state index is 2.45. The van der Waals surface area contributed by atoms with Crippen molar-refractivity contribution in [1.29, 1.82) is 0 Å². The second-order valence-electron chi connectivity index (χ2n) is 4.44. The van der Waals surface area contributed by atoms with Crippen LogP contribution >= 0.6 is 0 Å². The third-order valence-corrected chi connectivity index (χ3v) is 2.84. The quantitative estimate of drug-likeness (QED) is 0.621. The third-order valence-electron chi connectivity index (χ3n) is 2.84. The van der Waals surface area contributed by atoms with Crippen molar-refractivity contribution >= 4 is 5.69 Å². The Morgan fingerprint density at radius 2 is 1.89 bits per heavy atom. The molecule has 0 aliphatic carbocycles. The highest BCUT2D eigenvalue weighted by molar-refractivity contribution is 5.48. The molecule has 0 heterocycles. The van der Waals surface area contributed by atoms with Crippen molar-refractivity contribution in [2.45, 2.75) is 33.6 Å². The molecule has 0 aliphatic rings. The van der Waals surface area contributed by atoms with Crippen LogP contribution in [0.25, 0.3) is 0 Å². The van der Waals surface area contributed by atoms with Crippen LogP contribution in [0.1, 0.15) is 33.6 Å². The fraction of sp³-hybridized carbons (Fsp3) is 0.412. The molecule has 0 saturated carbocycles. The van der Waals surface area contributed by atoms with E-state index in [9.17, 15) is 0 Å². The van der Waals surface area contributed by atoms with Gasteiger partial charge >= 0.3 is 0 Å². The number of rotatable bonds is 7. The highest BCUT2D eigenvalue weighted by Crippen LogP contribution is 2.16. The highest BCUT2D eigenvalue weighted by Gasteiger charge is 2.05. The minimum atomic E-state index is 0.996. The fourth-order valence-corrected chi connectivity index (χ4v) is 2.09. The summed E-state index contributed by atoms with van der Waals surface area (Å²) in [6.07, 6.45) is 8.91. The second-order valence-corrected chi connectivity index (χ2v) is 4.44. The Balaban J connectivity index is 2.82. The van der Waals surface area contributed by atoms with E-state index in [0.29, 0.717) is 0 Å². The molecule has 0 N–H and O–H groups in total. The Labute approximate surface area is 112 Å². The van der Waals surface area contributed by atoms with Gasteiger partial charge in [-0.1, -0.05) is 50.3 Å². The van der Waals surface area contributed by atoms with Gasteiger partial charge in [-0.25, -0.2) is 0 Å². The smallest absolute Gasteiger partial charge is 0.0426 e. The molecule has 0 saturated heterocycles. The molecular weight excluding hydrogens is 218 g/mol. The zero-order chi connectivity index (χ0) is 13.2. The van der Waals surface area contributed by atoms with Crippen LogP contribution in [0.2, 0.25) is 0 Å². The summed E-state index contributed by atoms with van der Waals surface area (Å²) in [4.78, 5) is 2.45. The molecule has 0 atom stereocenters. The average molecular weight is 243 g/mol.